The van der Waals surface area contributed by atoms with Gasteiger partial charge in [0, 0.05) is 11.6 Å². The summed E-state index contributed by atoms with van der Waals surface area (Å²) in [5.74, 6) is -1.50. The van der Waals surface area contributed by atoms with Crippen LogP contribution < -0.4 is 5.32 Å². The van der Waals surface area contributed by atoms with Crippen molar-refractivity contribution in [3.05, 3.63) is 54.7 Å². The average Bonchev–Trinajstić information content (AvgIpc) is 2.50. The number of hydrogen-bond acceptors (Lipinski definition) is 3. The zero-order chi connectivity index (χ0) is 15.2. The first-order chi connectivity index (χ1) is 10.1. The Labute approximate surface area is 122 Å². The van der Waals surface area contributed by atoms with Gasteiger partial charge in [-0.25, -0.2) is 4.79 Å². The number of hydrogen-bond donors (Lipinski definition) is 2. The minimum atomic E-state index is -1.06. The highest BCUT2D eigenvalue weighted by atomic mass is 16.4. The molecule has 0 spiro atoms. The second-order valence-corrected chi connectivity index (χ2v) is 4.65. The van der Waals surface area contributed by atoms with Gasteiger partial charge >= 0.3 is 5.97 Å². The summed E-state index contributed by atoms with van der Waals surface area (Å²) >= 11 is 0. The number of carboxylic acids is 1. The number of fused-ring (bicyclic) bond motifs is 1. The van der Waals surface area contributed by atoms with Crippen molar-refractivity contribution in [3.63, 3.8) is 0 Å². The number of rotatable bonds is 6. The molecule has 1 heterocycles. The smallest absolute Gasteiger partial charge is 0.326 e. The SMILES string of the molecule is C=CCC[C@@H](NC(=O)c1cnc2ccccc2c1)C(=O)O. The molecule has 0 fully saturated rings. The van der Waals surface area contributed by atoms with E-state index in [-0.39, 0.29) is 0 Å². The number of carbonyl (C=O) groups excluding carboxylic acids is 1. The summed E-state index contributed by atoms with van der Waals surface area (Å²) in [7, 11) is 0. The fourth-order valence-electron chi connectivity index (χ4n) is 1.98. The van der Waals surface area contributed by atoms with E-state index < -0.39 is 17.9 Å². The van der Waals surface area contributed by atoms with Crippen molar-refractivity contribution >= 4 is 22.8 Å². The topological polar surface area (TPSA) is 79.3 Å². The minimum absolute atomic E-state index is 0.311. The van der Waals surface area contributed by atoms with E-state index in [0.29, 0.717) is 18.4 Å². The summed E-state index contributed by atoms with van der Waals surface area (Å²) in [5, 5.41) is 12.4. The number of aliphatic carboxylic acids is 1. The van der Waals surface area contributed by atoms with E-state index in [0.717, 1.165) is 10.9 Å². The van der Waals surface area contributed by atoms with Crippen LogP contribution in [0.4, 0.5) is 0 Å². The quantitative estimate of drug-likeness (QED) is 0.798. The normalized spacial score (nSPS) is 11.8. The van der Waals surface area contributed by atoms with Gasteiger partial charge in [0.25, 0.3) is 5.91 Å². The molecule has 2 rings (SSSR count). The first-order valence-corrected chi connectivity index (χ1v) is 6.61. The molecular weight excluding hydrogens is 268 g/mol. The Hall–Kier alpha value is -2.69. The molecule has 5 heteroatoms. The number of amides is 1. The van der Waals surface area contributed by atoms with Crippen LogP contribution in [-0.2, 0) is 4.79 Å². The molecule has 0 saturated carbocycles. The van der Waals surface area contributed by atoms with Gasteiger partial charge in [0.1, 0.15) is 6.04 Å². The number of nitrogens with one attached hydrogen (secondary N) is 1. The van der Waals surface area contributed by atoms with Gasteiger partial charge in [-0.05, 0) is 25.0 Å². The van der Waals surface area contributed by atoms with Crippen molar-refractivity contribution in [2.45, 2.75) is 18.9 Å². The van der Waals surface area contributed by atoms with Gasteiger partial charge in [0.2, 0.25) is 0 Å². The number of carbonyl (C=O) groups is 2. The van der Waals surface area contributed by atoms with Gasteiger partial charge in [-0.15, -0.1) is 6.58 Å². The first-order valence-electron chi connectivity index (χ1n) is 6.61. The summed E-state index contributed by atoms with van der Waals surface area (Å²) in [4.78, 5) is 27.4. The minimum Gasteiger partial charge on any atom is -0.480 e. The van der Waals surface area contributed by atoms with E-state index >= 15 is 0 Å². The number of carboxylic acid groups (broad SMARTS) is 1. The fraction of sp³-hybridized carbons (Fsp3) is 0.188. The molecule has 0 bridgehead atoms. The number of pyridine rings is 1. The van der Waals surface area contributed by atoms with Crippen LogP contribution in [0.5, 0.6) is 0 Å². The molecule has 1 aromatic heterocycles. The second kappa shape index (κ2) is 6.65. The highest BCUT2D eigenvalue weighted by molar-refractivity contribution is 5.99. The average molecular weight is 284 g/mol. The molecule has 0 aliphatic rings. The molecule has 0 aliphatic carbocycles. The summed E-state index contributed by atoms with van der Waals surface area (Å²) in [6.07, 6.45) is 3.91. The third-order valence-corrected chi connectivity index (χ3v) is 3.12. The summed E-state index contributed by atoms with van der Waals surface area (Å²) in [6, 6.07) is 8.19. The maximum absolute atomic E-state index is 12.1. The zero-order valence-electron chi connectivity index (χ0n) is 11.5. The van der Waals surface area contributed by atoms with Gasteiger partial charge in [0.05, 0.1) is 11.1 Å². The van der Waals surface area contributed by atoms with Gasteiger partial charge in [0.15, 0.2) is 0 Å². The van der Waals surface area contributed by atoms with E-state index in [1.54, 1.807) is 12.1 Å². The van der Waals surface area contributed by atoms with Crippen molar-refractivity contribution in [3.8, 4) is 0 Å². The Morgan fingerprint density at radius 2 is 2.14 bits per heavy atom. The van der Waals surface area contributed by atoms with E-state index in [2.05, 4.69) is 16.9 Å². The number of nitrogens with zero attached hydrogens (tertiary/aromatic N) is 1. The molecule has 5 nitrogen and oxygen atoms in total. The van der Waals surface area contributed by atoms with Crippen molar-refractivity contribution in [2.24, 2.45) is 0 Å². The third-order valence-electron chi connectivity index (χ3n) is 3.12. The summed E-state index contributed by atoms with van der Waals surface area (Å²) < 4.78 is 0. The molecule has 0 saturated heterocycles. The Morgan fingerprint density at radius 1 is 1.38 bits per heavy atom. The lowest BCUT2D eigenvalue weighted by atomic mass is 10.1. The van der Waals surface area contributed by atoms with E-state index in [1.165, 1.54) is 6.20 Å². The van der Waals surface area contributed by atoms with Crippen LogP contribution >= 0.6 is 0 Å². The summed E-state index contributed by atoms with van der Waals surface area (Å²) in [5.41, 5.74) is 1.13. The van der Waals surface area contributed by atoms with Crippen LogP contribution in [0.25, 0.3) is 10.9 Å². The van der Waals surface area contributed by atoms with Crippen molar-refractivity contribution in [2.75, 3.05) is 0 Å². The molecule has 1 atom stereocenters. The van der Waals surface area contributed by atoms with Crippen molar-refractivity contribution in [1.82, 2.24) is 10.3 Å². The van der Waals surface area contributed by atoms with E-state index in [4.69, 9.17) is 5.11 Å². The molecule has 0 unspecified atom stereocenters. The van der Waals surface area contributed by atoms with Crippen molar-refractivity contribution < 1.29 is 14.7 Å². The second-order valence-electron chi connectivity index (χ2n) is 4.65. The monoisotopic (exact) mass is 284 g/mol. The number of allylic oxidation sites excluding steroid dienone is 1. The number of aromatic nitrogens is 1. The molecule has 1 aromatic carbocycles. The molecule has 0 aliphatic heterocycles. The molecule has 108 valence electrons. The lowest BCUT2D eigenvalue weighted by molar-refractivity contribution is -0.139. The molecule has 21 heavy (non-hydrogen) atoms. The van der Waals surface area contributed by atoms with Gasteiger partial charge in [-0.3, -0.25) is 9.78 Å². The number of para-hydroxylation sites is 1. The highest BCUT2D eigenvalue weighted by Crippen LogP contribution is 2.13. The molecular formula is C16H16N2O3. The van der Waals surface area contributed by atoms with Crippen LogP contribution in [0.15, 0.2) is 49.2 Å². The highest BCUT2D eigenvalue weighted by Gasteiger charge is 2.20. The summed E-state index contributed by atoms with van der Waals surface area (Å²) in [6.45, 7) is 3.55. The third kappa shape index (κ3) is 3.66. The Balaban J connectivity index is 2.16. The zero-order valence-corrected chi connectivity index (χ0v) is 11.5. The Kier molecular flexibility index (Phi) is 4.66. The Morgan fingerprint density at radius 3 is 2.86 bits per heavy atom. The molecule has 1 amide bonds. The first kappa shape index (κ1) is 14.7. The van der Waals surface area contributed by atoms with Crippen LogP contribution in [0.2, 0.25) is 0 Å². The molecule has 2 N–H and O–H groups in total. The largest absolute Gasteiger partial charge is 0.480 e. The van der Waals surface area contributed by atoms with Gasteiger partial charge in [-0.1, -0.05) is 24.3 Å². The van der Waals surface area contributed by atoms with Crippen LogP contribution in [-0.4, -0.2) is 28.0 Å². The van der Waals surface area contributed by atoms with Crippen molar-refractivity contribution in [1.29, 1.82) is 0 Å². The van der Waals surface area contributed by atoms with Crippen LogP contribution in [0, 0.1) is 0 Å². The predicted octanol–water partition coefficient (Wildman–Crippen LogP) is 2.38. The molecule has 0 radical (unpaired) electrons. The van der Waals surface area contributed by atoms with Gasteiger partial charge < -0.3 is 10.4 Å². The maximum atomic E-state index is 12.1. The number of benzene rings is 1. The fourth-order valence-corrected chi connectivity index (χ4v) is 1.98. The van der Waals surface area contributed by atoms with Crippen LogP contribution in [0.3, 0.4) is 0 Å². The standard InChI is InChI=1S/C16H16N2O3/c1-2-3-7-14(16(20)21)18-15(19)12-9-11-6-4-5-8-13(11)17-10-12/h2,4-6,8-10,14H,1,3,7H2,(H,18,19)(H,20,21)/t14-/m1/s1. The van der Waals surface area contributed by atoms with Crippen LogP contribution in [0.1, 0.15) is 23.2 Å². The molecule has 2 aromatic rings. The lowest BCUT2D eigenvalue weighted by Gasteiger charge is -2.13. The van der Waals surface area contributed by atoms with E-state index in [9.17, 15) is 9.59 Å². The van der Waals surface area contributed by atoms with Gasteiger partial charge in [-0.2, -0.15) is 0 Å². The van der Waals surface area contributed by atoms with E-state index in [1.807, 2.05) is 24.3 Å². The predicted molar refractivity (Wildman–Crippen MR) is 80.1 cm³/mol. The lowest BCUT2D eigenvalue weighted by Crippen LogP contribution is -2.40. The maximum Gasteiger partial charge on any atom is 0.326 e. The Bertz CT molecular complexity index is 682.